The Labute approximate surface area is 207 Å². The molecule has 0 aliphatic heterocycles. The van der Waals surface area contributed by atoms with Crippen LogP contribution in [-0.4, -0.2) is 42.6 Å². The van der Waals surface area contributed by atoms with Crippen LogP contribution in [0.1, 0.15) is 61.0 Å². The number of hydrogen-bond donors (Lipinski definition) is 1. The summed E-state index contributed by atoms with van der Waals surface area (Å²) in [5.74, 6) is -2.72. The van der Waals surface area contributed by atoms with E-state index in [1.165, 1.54) is 12.1 Å². The lowest BCUT2D eigenvalue weighted by molar-refractivity contribution is -0.161. The van der Waals surface area contributed by atoms with E-state index in [1.54, 1.807) is 47.6 Å². The van der Waals surface area contributed by atoms with Crippen LogP contribution in [-0.2, 0) is 35.1 Å². The summed E-state index contributed by atoms with van der Waals surface area (Å²) in [5, 5.41) is 0. The third-order valence-corrected chi connectivity index (χ3v) is 5.28. The molecule has 0 bridgehead atoms. The molecule has 1 aromatic carbocycles. The first-order valence-electron chi connectivity index (χ1n) is 11.9. The Morgan fingerprint density at radius 1 is 0.771 bits per heavy atom. The molecule has 35 heavy (non-hydrogen) atoms. The molecule has 9 nitrogen and oxygen atoms in total. The monoisotopic (exact) mass is 493 g/mol. The van der Waals surface area contributed by atoms with Crippen LogP contribution < -0.4 is 15.2 Å². The topological polar surface area (TPSA) is 131 Å². The van der Waals surface area contributed by atoms with Crippen LogP contribution >= 0.6 is 0 Å². The van der Waals surface area contributed by atoms with Gasteiger partial charge in [-0.15, -0.1) is 0 Å². The Hall–Kier alpha value is -2.94. The number of benzene rings is 1. The van der Waals surface area contributed by atoms with Gasteiger partial charge in [-0.1, -0.05) is 54.5 Å². The van der Waals surface area contributed by atoms with Gasteiger partial charge in [0.05, 0.1) is 17.8 Å². The average molecular weight is 494 g/mol. The molecule has 0 spiro atoms. The van der Waals surface area contributed by atoms with Gasteiger partial charge < -0.3 is 24.7 Å². The van der Waals surface area contributed by atoms with Gasteiger partial charge in [0, 0.05) is 0 Å². The van der Waals surface area contributed by atoms with Crippen molar-refractivity contribution in [2.75, 3.05) is 6.61 Å². The number of hydrogen-bond acceptors (Lipinski definition) is 9. The molecule has 0 heterocycles. The zero-order valence-corrected chi connectivity index (χ0v) is 22.0. The van der Waals surface area contributed by atoms with Crippen LogP contribution in [0.5, 0.6) is 11.5 Å². The summed E-state index contributed by atoms with van der Waals surface area (Å²) in [6.07, 6.45) is -0.586. The van der Waals surface area contributed by atoms with Gasteiger partial charge in [0.25, 0.3) is 0 Å². The van der Waals surface area contributed by atoms with E-state index in [0.717, 1.165) is 0 Å². The molecule has 0 fully saturated rings. The maximum absolute atomic E-state index is 12.4. The first-order chi connectivity index (χ1) is 16.2. The van der Waals surface area contributed by atoms with Gasteiger partial charge in [0.15, 0.2) is 11.5 Å². The van der Waals surface area contributed by atoms with Crippen molar-refractivity contribution >= 4 is 23.9 Å². The van der Waals surface area contributed by atoms with Gasteiger partial charge >= 0.3 is 23.9 Å². The van der Waals surface area contributed by atoms with Crippen LogP contribution in [0.15, 0.2) is 18.2 Å². The minimum absolute atomic E-state index is 0.0651. The summed E-state index contributed by atoms with van der Waals surface area (Å²) in [7, 11) is 0. The molecule has 0 radical (unpaired) electrons. The van der Waals surface area contributed by atoms with Gasteiger partial charge in [-0.3, -0.25) is 19.2 Å². The van der Waals surface area contributed by atoms with Crippen LogP contribution in [0.2, 0.25) is 0 Å². The summed E-state index contributed by atoms with van der Waals surface area (Å²) in [6, 6.07) is 3.62. The summed E-state index contributed by atoms with van der Waals surface area (Å²) in [6.45, 7) is 13.9. The molecule has 9 heteroatoms. The molecule has 3 atom stereocenters. The van der Waals surface area contributed by atoms with Gasteiger partial charge in [0.1, 0.15) is 18.8 Å². The lowest BCUT2D eigenvalue weighted by Crippen LogP contribution is -2.37. The van der Waals surface area contributed by atoms with Gasteiger partial charge in [0.2, 0.25) is 0 Å². The number of carbonyl (C=O) groups is 4. The first kappa shape index (κ1) is 30.1. The second-order valence-corrected chi connectivity index (χ2v) is 9.65. The number of nitrogens with two attached hydrogens (primary N) is 1. The lowest BCUT2D eigenvalue weighted by atomic mass is 9.99. The number of carbonyl (C=O) groups excluding carboxylic acids is 4. The molecular formula is C26H39NO8. The fraction of sp³-hybridized carbons (Fsp3) is 0.615. The molecule has 0 amide bonds. The smallest absolute Gasteiger partial charge is 0.323 e. The highest BCUT2D eigenvalue weighted by atomic mass is 16.6. The highest BCUT2D eigenvalue weighted by Gasteiger charge is 2.23. The third-order valence-electron chi connectivity index (χ3n) is 5.28. The minimum atomic E-state index is -1.01. The first-order valence-corrected chi connectivity index (χ1v) is 11.9. The summed E-state index contributed by atoms with van der Waals surface area (Å²) in [4.78, 5) is 48.6. The van der Waals surface area contributed by atoms with E-state index in [-0.39, 0.29) is 48.2 Å². The molecule has 0 aliphatic carbocycles. The molecule has 0 saturated carbocycles. The largest absolute Gasteiger partial charge is 0.462 e. The predicted molar refractivity (Wildman–Crippen MR) is 130 cm³/mol. The summed E-state index contributed by atoms with van der Waals surface area (Å²) < 4.78 is 21.3. The van der Waals surface area contributed by atoms with E-state index in [4.69, 9.17) is 24.7 Å². The standard InChI is InChI=1S/C26H39NO8/c1-14(2)18(8)25(30)32-13-17(7)33-26(31)20(27)11-19-9-10-21(34-23(28)15(3)4)22(12-19)35-24(29)16(5)6/h9-10,12,14-18,20H,11,13,27H2,1-8H3/t17-,18?,20-/m0/s1. The molecule has 1 rings (SSSR count). The number of ether oxygens (including phenoxy) is 4. The van der Waals surface area contributed by atoms with E-state index < -0.39 is 36.0 Å². The second kappa shape index (κ2) is 13.8. The second-order valence-electron chi connectivity index (χ2n) is 9.65. The van der Waals surface area contributed by atoms with E-state index >= 15 is 0 Å². The van der Waals surface area contributed by atoms with Crippen LogP contribution in [0.3, 0.4) is 0 Å². The van der Waals surface area contributed by atoms with Crippen molar-refractivity contribution in [1.29, 1.82) is 0 Å². The van der Waals surface area contributed by atoms with Crippen molar-refractivity contribution in [3.8, 4) is 11.5 Å². The van der Waals surface area contributed by atoms with Crippen LogP contribution in [0, 0.1) is 23.7 Å². The van der Waals surface area contributed by atoms with Crippen molar-refractivity contribution in [3.05, 3.63) is 23.8 Å². The van der Waals surface area contributed by atoms with Crippen LogP contribution in [0.4, 0.5) is 0 Å². The fourth-order valence-electron chi connectivity index (χ4n) is 2.56. The summed E-state index contributed by atoms with van der Waals surface area (Å²) >= 11 is 0. The Morgan fingerprint density at radius 3 is 1.83 bits per heavy atom. The zero-order valence-electron chi connectivity index (χ0n) is 22.0. The Kier molecular flexibility index (Phi) is 11.9. The quantitative estimate of drug-likeness (QED) is 0.343. The average Bonchev–Trinajstić information content (AvgIpc) is 2.77. The minimum Gasteiger partial charge on any atom is -0.462 e. The maximum atomic E-state index is 12.4. The lowest BCUT2D eigenvalue weighted by Gasteiger charge is -2.19. The molecular weight excluding hydrogens is 454 g/mol. The van der Waals surface area contributed by atoms with Crippen LogP contribution in [0.25, 0.3) is 0 Å². The molecule has 1 unspecified atom stereocenters. The zero-order chi connectivity index (χ0) is 26.9. The van der Waals surface area contributed by atoms with Gasteiger partial charge in [-0.25, -0.2) is 0 Å². The number of esters is 4. The van der Waals surface area contributed by atoms with Gasteiger partial charge in [-0.05, 0) is 37.0 Å². The van der Waals surface area contributed by atoms with E-state index in [2.05, 4.69) is 0 Å². The van der Waals surface area contributed by atoms with Crippen molar-refractivity contribution in [2.24, 2.45) is 29.4 Å². The van der Waals surface area contributed by atoms with E-state index in [9.17, 15) is 19.2 Å². The fourth-order valence-corrected chi connectivity index (χ4v) is 2.56. The van der Waals surface area contributed by atoms with E-state index in [0.29, 0.717) is 5.56 Å². The summed E-state index contributed by atoms with van der Waals surface area (Å²) in [5.41, 5.74) is 6.60. The Bertz CT molecular complexity index is 893. The normalized spacial score (nSPS) is 13.8. The number of rotatable bonds is 12. The van der Waals surface area contributed by atoms with Crippen molar-refractivity contribution in [1.82, 2.24) is 0 Å². The highest BCUT2D eigenvalue weighted by molar-refractivity contribution is 5.78. The molecule has 0 saturated heterocycles. The van der Waals surface area contributed by atoms with Gasteiger partial charge in [-0.2, -0.15) is 0 Å². The molecule has 2 N–H and O–H groups in total. The third kappa shape index (κ3) is 10.1. The van der Waals surface area contributed by atoms with Crippen molar-refractivity contribution in [2.45, 2.75) is 74.0 Å². The van der Waals surface area contributed by atoms with Crippen molar-refractivity contribution in [3.63, 3.8) is 0 Å². The molecule has 0 aromatic heterocycles. The SMILES string of the molecule is CC(C)C(=O)Oc1ccc(C[C@H](N)C(=O)O[C@@H](C)COC(=O)C(C)C(C)C)cc1OC(=O)C(C)C. The molecule has 0 aliphatic rings. The molecule has 196 valence electrons. The highest BCUT2D eigenvalue weighted by Crippen LogP contribution is 2.30. The molecule has 1 aromatic rings. The Morgan fingerprint density at radius 2 is 1.31 bits per heavy atom. The van der Waals surface area contributed by atoms with Crippen molar-refractivity contribution < 1.29 is 38.1 Å². The van der Waals surface area contributed by atoms with E-state index in [1.807, 2.05) is 13.8 Å². The Balaban J connectivity index is 2.84. The predicted octanol–water partition coefficient (Wildman–Crippen LogP) is 3.45. The maximum Gasteiger partial charge on any atom is 0.323 e.